The van der Waals surface area contributed by atoms with E-state index in [1.807, 2.05) is 24.3 Å². The fraction of sp³-hybridized carbons (Fsp3) is 0.200. The number of halogens is 1. The van der Waals surface area contributed by atoms with Crippen LogP contribution in [0.5, 0.6) is 5.75 Å². The molecule has 1 aromatic carbocycles. The van der Waals surface area contributed by atoms with Crippen LogP contribution in [0.2, 0.25) is 0 Å². The summed E-state index contributed by atoms with van der Waals surface area (Å²) in [6.07, 6.45) is 5.98. The molecule has 0 saturated heterocycles. The molecule has 5 nitrogen and oxygen atoms in total. The Labute approximate surface area is 130 Å². The van der Waals surface area contributed by atoms with Crippen LogP contribution >= 0.6 is 15.9 Å². The van der Waals surface area contributed by atoms with Crippen LogP contribution in [0.3, 0.4) is 0 Å². The Morgan fingerprint density at radius 2 is 2.38 bits per heavy atom. The van der Waals surface area contributed by atoms with E-state index in [1.165, 1.54) is 0 Å². The van der Waals surface area contributed by atoms with Crippen LogP contribution in [0.4, 0.5) is 0 Å². The third-order valence-corrected chi connectivity index (χ3v) is 3.70. The van der Waals surface area contributed by atoms with E-state index in [1.54, 1.807) is 12.5 Å². The van der Waals surface area contributed by atoms with Gasteiger partial charge in [-0.15, -0.1) is 0 Å². The van der Waals surface area contributed by atoms with Gasteiger partial charge in [0.1, 0.15) is 12.4 Å². The lowest BCUT2D eigenvalue weighted by Crippen LogP contribution is -2.30. The van der Waals surface area contributed by atoms with Crippen molar-refractivity contribution in [2.75, 3.05) is 13.2 Å². The number of amides is 1. The summed E-state index contributed by atoms with van der Waals surface area (Å²) in [5.41, 5.74) is 2.54. The van der Waals surface area contributed by atoms with Gasteiger partial charge < -0.3 is 15.0 Å². The highest BCUT2D eigenvalue weighted by atomic mass is 79.9. The number of nitrogens with one attached hydrogen (secondary N) is 2. The van der Waals surface area contributed by atoms with Gasteiger partial charge in [-0.2, -0.15) is 0 Å². The lowest BCUT2D eigenvalue weighted by Gasteiger charge is -2.17. The number of H-pyrrole nitrogens is 1. The van der Waals surface area contributed by atoms with Crippen LogP contribution in [0.1, 0.15) is 11.3 Å². The van der Waals surface area contributed by atoms with Gasteiger partial charge in [-0.05, 0) is 24.3 Å². The van der Waals surface area contributed by atoms with E-state index in [9.17, 15) is 4.79 Å². The zero-order chi connectivity index (χ0) is 14.7. The SMILES string of the molecule is O=C(NCCc1cnc[nH]1)C1=Cc2cc(Br)ccc2OC1. The summed E-state index contributed by atoms with van der Waals surface area (Å²) in [6, 6.07) is 5.75. The van der Waals surface area contributed by atoms with Crippen molar-refractivity contribution in [1.82, 2.24) is 15.3 Å². The minimum absolute atomic E-state index is 0.0971. The lowest BCUT2D eigenvalue weighted by atomic mass is 10.1. The van der Waals surface area contributed by atoms with E-state index < -0.39 is 0 Å². The Bertz CT molecular complexity index is 680. The number of carbonyl (C=O) groups is 1. The van der Waals surface area contributed by atoms with Crippen molar-refractivity contribution < 1.29 is 9.53 Å². The van der Waals surface area contributed by atoms with E-state index in [0.29, 0.717) is 18.7 Å². The second-order valence-corrected chi connectivity index (χ2v) is 5.64. The average Bonchev–Trinajstić information content (AvgIpc) is 2.99. The predicted molar refractivity (Wildman–Crippen MR) is 82.9 cm³/mol. The average molecular weight is 348 g/mol. The smallest absolute Gasteiger partial charge is 0.250 e. The number of hydrogen-bond donors (Lipinski definition) is 2. The first-order chi connectivity index (χ1) is 10.2. The maximum atomic E-state index is 12.1. The molecular weight excluding hydrogens is 334 g/mol. The van der Waals surface area contributed by atoms with Gasteiger partial charge in [0.25, 0.3) is 5.91 Å². The molecule has 0 bridgehead atoms. The summed E-state index contributed by atoms with van der Waals surface area (Å²) < 4.78 is 6.56. The Kier molecular flexibility index (Phi) is 4.06. The van der Waals surface area contributed by atoms with Gasteiger partial charge in [-0.25, -0.2) is 4.98 Å². The summed E-state index contributed by atoms with van der Waals surface area (Å²) in [6.45, 7) is 0.855. The van der Waals surface area contributed by atoms with Gasteiger partial charge in [0.05, 0.1) is 11.9 Å². The highest BCUT2D eigenvalue weighted by Crippen LogP contribution is 2.29. The molecule has 1 amide bonds. The molecular formula is C15H14BrN3O2. The largest absolute Gasteiger partial charge is 0.488 e. The second kappa shape index (κ2) is 6.13. The first-order valence-electron chi connectivity index (χ1n) is 6.61. The third-order valence-electron chi connectivity index (χ3n) is 3.21. The van der Waals surface area contributed by atoms with Crippen molar-refractivity contribution in [3.8, 4) is 5.75 Å². The van der Waals surface area contributed by atoms with E-state index >= 15 is 0 Å². The van der Waals surface area contributed by atoms with Gasteiger partial charge in [0, 0.05) is 34.9 Å². The van der Waals surface area contributed by atoms with Crippen molar-refractivity contribution in [2.45, 2.75) is 6.42 Å². The molecule has 3 rings (SSSR count). The third kappa shape index (κ3) is 3.33. The van der Waals surface area contributed by atoms with E-state index in [2.05, 4.69) is 31.2 Å². The molecule has 1 aromatic heterocycles. The van der Waals surface area contributed by atoms with Crippen LogP contribution < -0.4 is 10.1 Å². The summed E-state index contributed by atoms with van der Waals surface area (Å²) in [7, 11) is 0. The molecule has 2 heterocycles. The number of rotatable bonds is 4. The minimum Gasteiger partial charge on any atom is -0.488 e. The Morgan fingerprint density at radius 1 is 1.48 bits per heavy atom. The molecule has 0 radical (unpaired) electrons. The summed E-state index contributed by atoms with van der Waals surface area (Å²) in [5, 5.41) is 2.89. The standard InChI is InChI=1S/C15H14BrN3O2/c16-12-1-2-14-10(6-12)5-11(8-21-14)15(20)18-4-3-13-7-17-9-19-13/h1-2,5-7,9H,3-4,8H2,(H,17,19)(H,18,20). The number of aromatic nitrogens is 2. The van der Waals surface area contributed by atoms with Gasteiger partial charge in [0.2, 0.25) is 0 Å². The van der Waals surface area contributed by atoms with Crippen molar-refractivity contribution in [1.29, 1.82) is 0 Å². The topological polar surface area (TPSA) is 67.0 Å². The highest BCUT2D eigenvalue weighted by molar-refractivity contribution is 9.10. The fourth-order valence-electron chi connectivity index (χ4n) is 2.13. The Morgan fingerprint density at radius 3 is 3.19 bits per heavy atom. The zero-order valence-corrected chi connectivity index (χ0v) is 12.8. The zero-order valence-electron chi connectivity index (χ0n) is 11.2. The number of aromatic amines is 1. The van der Waals surface area contributed by atoms with Crippen LogP contribution in [0, 0.1) is 0 Å². The van der Waals surface area contributed by atoms with Crippen molar-refractivity contribution in [3.05, 3.63) is 52.0 Å². The number of hydrogen-bond acceptors (Lipinski definition) is 3. The van der Waals surface area contributed by atoms with E-state index in [-0.39, 0.29) is 5.91 Å². The number of carbonyl (C=O) groups excluding carboxylic acids is 1. The molecule has 0 spiro atoms. The van der Waals surface area contributed by atoms with Gasteiger partial charge >= 0.3 is 0 Å². The van der Waals surface area contributed by atoms with Gasteiger partial charge in [-0.1, -0.05) is 15.9 Å². The van der Waals surface area contributed by atoms with Crippen LogP contribution in [0.15, 0.2) is 40.8 Å². The van der Waals surface area contributed by atoms with Crippen molar-refractivity contribution >= 4 is 27.9 Å². The van der Waals surface area contributed by atoms with Crippen LogP contribution in [-0.2, 0) is 11.2 Å². The normalized spacial score (nSPS) is 13.1. The van der Waals surface area contributed by atoms with Gasteiger partial charge in [0.15, 0.2) is 0 Å². The molecule has 6 heteroatoms. The summed E-state index contributed by atoms with van der Waals surface area (Å²) >= 11 is 3.42. The van der Waals surface area contributed by atoms with Gasteiger partial charge in [-0.3, -0.25) is 4.79 Å². The molecule has 0 fully saturated rings. The minimum atomic E-state index is -0.0971. The molecule has 0 unspecified atom stereocenters. The number of nitrogens with zero attached hydrogens (tertiary/aromatic N) is 1. The molecule has 1 aliphatic heterocycles. The summed E-state index contributed by atoms with van der Waals surface area (Å²) in [4.78, 5) is 19.1. The maximum absolute atomic E-state index is 12.1. The molecule has 0 saturated carbocycles. The molecule has 21 heavy (non-hydrogen) atoms. The number of benzene rings is 1. The van der Waals surface area contributed by atoms with Crippen LogP contribution in [0.25, 0.3) is 6.08 Å². The predicted octanol–water partition coefficient (Wildman–Crippen LogP) is 2.31. The molecule has 1 aliphatic rings. The monoisotopic (exact) mass is 347 g/mol. The molecule has 0 aliphatic carbocycles. The van der Waals surface area contributed by atoms with E-state index in [4.69, 9.17) is 4.74 Å². The second-order valence-electron chi connectivity index (χ2n) is 4.72. The molecule has 2 N–H and O–H groups in total. The Hall–Kier alpha value is -2.08. The quantitative estimate of drug-likeness (QED) is 0.891. The highest BCUT2D eigenvalue weighted by Gasteiger charge is 2.17. The molecule has 108 valence electrons. The fourth-order valence-corrected chi connectivity index (χ4v) is 2.50. The number of ether oxygens (including phenoxy) is 1. The van der Waals surface area contributed by atoms with Crippen LogP contribution in [-0.4, -0.2) is 29.0 Å². The molecule has 2 aromatic rings. The van der Waals surface area contributed by atoms with E-state index in [0.717, 1.165) is 27.9 Å². The number of fused-ring (bicyclic) bond motifs is 1. The Balaban J connectivity index is 1.62. The maximum Gasteiger partial charge on any atom is 0.250 e. The summed E-state index contributed by atoms with van der Waals surface area (Å²) in [5.74, 6) is 0.701. The number of imidazole rings is 1. The lowest BCUT2D eigenvalue weighted by molar-refractivity contribution is -0.117. The first kappa shape index (κ1) is 13.9. The first-order valence-corrected chi connectivity index (χ1v) is 7.40. The van der Waals surface area contributed by atoms with Crippen molar-refractivity contribution in [2.24, 2.45) is 0 Å². The molecule has 0 atom stereocenters. The van der Waals surface area contributed by atoms with Crippen molar-refractivity contribution in [3.63, 3.8) is 0 Å².